The summed E-state index contributed by atoms with van der Waals surface area (Å²) in [7, 11) is -0.973. The van der Waals surface area contributed by atoms with Gasteiger partial charge in [0.05, 0.1) is 35.8 Å². The second-order valence-electron chi connectivity index (χ2n) is 5.41. The number of H-pyrrole nitrogens is 2. The van der Waals surface area contributed by atoms with Crippen LogP contribution >= 0.6 is 0 Å². The van der Waals surface area contributed by atoms with E-state index >= 15 is 0 Å². The summed E-state index contributed by atoms with van der Waals surface area (Å²) in [6.45, 7) is 1.65. The number of rotatable bonds is 5. The molecule has 3 rings (SSSR count). The molecule has 0 amide bonds. The van der Waals surface area contributed by atoms with Crippen LogP contribution in [0, 0.1) is 6.92 Å². The van der Waals surface area contributed by atoms with E-state index < -0.39 is 15.7 Å². The van der Waals surface area contributed by atoms with Gasteiger partial charge >= 0.3 is 5.69 Å². The van der Waals surface area contributed by atoms with Gasteiger partial charge in [0, 0.05) is 6.07 Å². The Morgan fingerprint density at radius 2 is 1.68 bits per heavy atom. The lowest BCUT2D eigenvalue weighted by atomic mass is 10.2. The van der Waals surface area contributed by atoms with E-state index in [9.17, 15) is 13.2 Å². The summed E-state index contributed by atoms with van der Waals surface area (Å²) in [5.41, 5.74) is 1.31. The largest absolute Gasteiger partial charge is 0.497 e. The van der Waals surface area contributed by atoms with Gasteiger partial charge in [0.2, 0.25) is 0 Å². The molecule has 0 unspecified atom stereocenters. The van der Waals surface area contributed by atoms with Gasteiger partial charge in [-0.3, -0.25) is 4.72 Å². The normalized spacial score (nSPS) is 11.5. The highest BCUT2D eigenvalue weighted by Gasteiger charge is 2.20. The Balaban J connectivity index is 2.08. The van der Waals surface area contributed by atoms with Crippen LogP contribution in [0.15, 0.2) is 40.0 Å². The van der Waals surface area contributed by atoms with Gasteiger partial charge in [-0.25, -0.2) is 13.2 Å². The maximum Gasteiger partial charge on any atom is 0.323 e. The number of anilines is 1. The van der Waals surface area contributed by atoms with Crippen molar-refractivity contribution in [2.24, 2.45) is 0 Å². The summed E-state index contributed by atoms with van der Waals surface area (Å²) in [5, 5.41) is 0. The first kappa shape index (κ1) is 16.9. The lowest BCUT2D eigenvalue weighted by Crippen LogP contribution is -2.15. The number of nitrogens with one attached hydrogen (secondary N) is 3. The van der Waals surface area contributed by atoms with Crippen molar-refractivity contribution in [1.82, 2.24) is 9.97 Å². The van der Waals surface area contributed by atoms with Crippen molar-refractivity contribution in [3.8, 4) is 11.5 Å². The molecule has 0 aliphatic rings. The lowest BCUT2D eigenvalue weighted by Gasteiger charge is -2.14. The third-order valence-corrected chi connectivity index (χ3v) is 5.26. The maximum absolute atomic E-state index is 12.8. The first-order chi connectivity index (χ1) is 11.8. The highest BCUT2D eigenvalue weighted by atomic mass is 32.2. The molecule has 0 aliphatic carbocycles. The Morgan fingerprint density at radius 3 is 2.32 bits per heavy atom. The van der Waals surface area contributed by atoms with E-state index in [2.05, 4.69) is 14.7 Å². The molecule has 0 aliphatic heterocycles. The highest BCUT2D eigenvalue weighted by Crippen LogP contribution is 2.31. The summed E-state index contributed by atoms with van der Waals surface area (Å²) < 4.78 is 38.5. The number of hydrogen-bond acceptors (Lipinski definition) is 5. The third-order valence-electron chi connectivity index (χ3n) is 3.75. The van der Waals surface area contributed by atoms with E-state index in [1.54, 1.807) is 25.1 Å². The molecule has 132 valence electrons. The first-order valence-corrected chi connectivity index (χ1v) is 8.80. The molecule has 3 aromatic rings. The van der Waals surface area contributed by atoms with Gasteiger partial charge in [-0.1, -0.05) is 0 Å². The number of benzene rings is 2. The fourth-order valence-electron chi connectivity index (χ4n) is 2.55. The molecule has 3 N–H and O–H groups in total. The van der Waals surface area contributed by atoms with Gasteiger partial charge in [-0.2, -0.15) is 0 Å². The number of methoxy groups -OCH3 is 2. The smallest absolute Gasteiger partial charge is 0.323 e. The Labute approximate surface area is 143 Å². The zero-order chi connectivity index (χ0) is 18.2. The number of aromatic nitrogens is 2. The van der Waals surface area contributed by atoms with Crippen LogP contribution in [0.2, 0.25) is 0 Å². The summed E-state index contributed by atoms with van der Waals surface area (Å²) in [4.78, 5) is 16.6. The molecule has 0 radical (unpaired) electrons. The van der Waals surface area contributed by atoms with E-state index in [4.69, 9.17) is 9.47 Å². The summed E-state index contributed by atoms with van der Waals surface area (Å²) >= 11 is 0. The molecule has 0 atom stereocenters. The van der Waals surface area contributed by atoms with Gasteiger partial charge in [0.25, 0.3) is 10.0 Å². The van der Waals surface area contributed by atoms with E-state index in [0.29, 0.717) is 28.1 Å². The van der Waals surface area contributed by atoms with Gasteiger partial charge in [0.15, 0.2) is 0 Å². The van der Waals surface area contributed by atoms with Gasteiger partial charge in [-0.05, 0) is 36.8 Å². The molecule has 0 spiro atoms. The van der Waals surface area contributed by atoms with E-state index in [1.807, 2.05) is 0 Å². The van der Waals surface area contributed by atoms with Crippen LogP contribution in [-0.4, -0.2) is 32.6 Å². The number of aryl methyl sites for hydroxylation is 1. The topological polar surface area (TPSA) is 113 Å². The second-order valence-corrected chi connectivity index (χ2v) is 7.06. The fourth-order valence-corrected chi connectivity index (χ4v) is 3.87. The van der Waals surface area contributed by atoms with Crippen LogP contribution in [0.1, 0.15) is 5.56 Å². The second kappa shape index (κ2) is 6.17. The molecular weight excluding hydrogens is 346 g/mol. The van der Waals surface area contributed by atoms with Gasteiger partial charge in [-0.15, -0.1) is 0 Å². The lowest BCUT2D eigenvalue weighted by molar-refractivity contribution is 0.405. The highest BCUT2D eigenvalue weighted by molar-refractivity contribution is 7.92. The molecule has 8 nitrogen and oxygen atoms in total. The Bertz CT molecular complexity index is 1100. The minimum absolute atomic E-state index is 0.0557. The molecule has 1 aromatic heterocycles. The van der Waals surface area contributed by atoms with Gasteiger partial charge in [0.1, 0.15) is 11.5 Å². The molecular formula is C16H17N3O5S. The van der Waals surface area contributed by atoms with E-state index in [0.717, 1.165) is 0 Å². The molecule has 2 aromatic carbocycles. The Hall–Kier alpha value is -2.94. The average Bonchev–Trinajstić information content (AvgIpc) is 2.92. The quantitative estimate of drug-likeness (QED) is 0.641. The number of hydrogen-bond donors (Lipinski definition) is 3. The summed E-state index contributed by atoms with van der Waals surface area (Å²) in [5.74, 6) is 0.846. The number of sulfonamides is 1. The number of fused-ring (bicyclic) bond motifs is 1. The van der Waals surface area contributed by atoms with Crippen LogP contribution in [0.3, 0.4) is 0 Å². The van der Waals surface area contributed by atoms with Gasteiger partial charge < -0.3 is 19.4 Å². The number of ether oxygens (including phenoxy) is 2. The maximum atomic E-state index is 12.8. The summed E-state index contributed by atoms with van der Waals surface area (Å²) in [6, 6.07) is 7.82. The summed E-state index contributed by atoms with van der Waals surface area (Å²) in [6.07, 6.45) is 0. The first-order valence-electron chi connectivity index (χ1n) is 7.31. The average molecular weight is 363 g/mol. The van der Waals surface area contributed by atoms with Crippen molar-refractivity contribution in [3.63, 3.8) is 0 Å². The van der Waals surface area contributed by atoms with Crippen molar-refractivity contribution < 1.29 is 17.9 Å². The minimum atomic E-state index is -3.91. The zero-order valence-corrected chi connectivity index (χ0v) is 14.7. The van der Waals surface area contributed by atoms with Crippen molar-refractivity contribution >= 4 is 26.7 Å². The van der Waals surface area contributed by atoms with Crippen molar-refractivity contribution in [2.75, 3.05) is 18.9 Å². The number of aromatic amines is 2. The molecule has 0 saturated carbocycles. The predicted octanol–water partition coefficient (Wildman–Crippen LogP) is 1.98. The molecule has 0 fully saturated rings. The molecule has 9 heteroatoms. The Kier molecular flexibility index (Phi) is 4.17. The van der Waals surface area contributed by atoms with Crippen molar-refractivity contribution in [2.45, 2.75) is 11.8 Å². The minimum Gasteiger partial charge on any atom is -0.497 e. The van der Waals surface area contributed by atoms with Crippen molar-refractivity contribution in [1.29, 1.82) is 0 Å². The number of imidazole rings is 1. The monoisotopic (exact) mass is 363 g/mol. The third kappa shape index (κ3) is 3.18. The van der Waals surface area contributed by atoms with E-state index in [-0.39, 0.29) is 10.6 Å². The fraction of sp³-hybridized carbons (Fsp3) is 0.188. The van der Waals surface area contributed by atoms with Crippen LogP contribution in [-0.2, 0) is 10.0 Å². The molecule has 1 heterocycles. The van der Waals surface area contributed by atoms with E-state index in [1.165, 1.54) is 26.4 Å². The van der Waals surface area contributed by atoms with Crippen LogP contribution in [0.25, 0.3) is 11.0 Å². The zero-order valence-electron chi connectivity index (χ0n) is 13.8. The van der Waals surface area contributed by atoms with Crippen molar-refractivity contribution in [3.05, 3.63) is 46.4 Å². The SMILES string of the molecule is COc1ccc(OC)c(NS(=O)(=O)c2cc3[nH]c(=O)[nH]c3cc2C)c1. The molecule has 0 saturated heterocycles. The molecule has 0 bridgehead atoms. The predicted molar refractivity (Wildman–Crippen MR) is 94.0 cm³/mol. The molecule has 25 heavy (non-hydrogen) atoms. The van der Waals surface area contributed by atoms with Crippen LogP contribution in [0.5, 0.6) is 11.5 Å². The van der Waals surface area contributed by atoms with Crippen LogP contribution in [0.4, 0.5) is 5.69 Å². The standard InChI is InChI=1S/C16H17N3O5S/c1-9-6-11-12(18-16(20)17-11)8-15(9)25(21,22)19-13-7-10(23-2)4-5-14(13)24-3/h4-8,19H,1-3H3,(H2,17,18,20). The Morgan fingerprint density at radius 1 is 1.00 bits per heavy atom. The van der Waals surface area contributed by atoms with Crippen LogP contribution < -0.4 is 19.9 Å².